The van der Waals surface area contributed by atoms with Crippen molar-refractivity contribution in [1.82, 2.24) is 9.88 Å². The van der Waals surface area contributed by atoms with Crippen molar-refractivity contribution in [1.29, 1.82) is 0 Å². The second-order valence-electron chi connectivity index (χ2n) is 8.34. The fraction of sp³-hybridized carbons (Fsp3) is 0.280. The van der Waals surface area contributed by atoms with E-state index in [9.17, 15) is 13.2 Å². The van der Waals surface area contributed by atoms with Gasteiger partial charge in [0.05, 0.1) is 22.8 Å². The number of carbonyl (C=O) groups is 1. The first-order valence-corrected chi connectivity index (χ1v) is 13.8. The number of hydrogen-bond acceptors (Lipinski definition) is 7. The molecule has 1 aliphatic heterocycles. The standard InChI is InChI=1S/C25H25N3O4S2/c1-34(30,31)22-8-4-7-21-23(22)26-25(33-21)28(12-11-27-13-15-32-16-14-27)24(29)20-10-9-18-5-2-3-6-19(18)17-20/h2-10,17H,11-16H2,1H3. The van der Waals surface area contributed by atoms with Crippen molar-refractivity contribution < 1.29 is 17.9 Å². The van der Waals surface area contributed by atoms with Gasteiger partial charge < -0.3 is 4.74 Å². The lowest BCUT2D eigenvalue weighted by Crippen LogP contribution is -2.43. The predicted octanol–water partition coefficient (Wildman–Crippen LogP) is 3.83. The van der Waals surface area contributed by atoms with E-state index >= 15 is 0 Å². The molecule has 34 heavy (non-hydrogen) atoms. The van der Waals surface area contributed by atoms with E-state index in [-0.39, 0.29) is 10.8 Å². The molecule has 7 nitrogen and oxygen atoms in total. The van der Waals surface area contributed by atoms with Crippen molar-refractivity contribution in [2.75, 3.05) is 50.5 Å². The van der Waals surface area contributed by atoms with Crippen LogP contribution in [0.25, 0.3) is 21.0 Å². The lowest BCUT2D eigenvalue weighted by molar-refractivity contribution is 0.0391. The Kier molecular flexibility index (Phi) is 6.35. The molecule has 1 saturated heterocycles. The molecule has 0 aliphatic carbocycles. The van der Waals surface area contributed by atoms with Gasteiger partial charge in [-0.2, -0.15) is 0 Å². The third-order valence-corrected chi connectivity index (χ3v) is 8.16. The van der Waals surface area contributed by atoms with Crippen LogP contribution in [0.4, 0.5) is 5.13 Å². The molecule has 0 radical (unpaired) electrons. The van der Waals surface area contributed by atoms with Gasteiger partial charge in [-0.3, -0.25) is 14.6 Å². The molecule has 1 fully saturated rings. The number of morpholine rings is 1. The monoisotopic (exact) mass is 495 g/mol. The number of fused-ring (bicyclic) bond motifs is 2. The van der Waals surface area contributed by atoms with Gasteiger partial charge in [0, 0.05) is 38.0 Å². The number of benzene rings is 3. The maximum atomic E-state index is 13.8. The smallest absolute Gasteiger partial charge is 0.260 e. The number of rotatable bonds is 6. The van der Waals surface area contributed by atoms with Gasteiger partial charge in [0.2, 0.25) is 0 Å². The normalized spacial score (nSPS) is 15.1. The summed E-state index contributed by atoms with van der Waals surface area (Å²) < 4.78 is 30.8. The summed E-state index contributed by atoms with van der Waals surface area (Å²) in [5.41, 5.74) is 0.982. The highest BCUT2D eigenvalue weighted by Crippen LogP contribution is 2.33. The number of thiazole rings is 1. The maximum Gasteiger partial charge on any atom is 0.260 e. The quantitative estimate of drug-likeness (QED) is 0.405. The minimum absolute atomic E-state index is 0.154. The highest BCUT2D eigenvalue weighted by Gasteiger charge is 2.25. The van der Waals surface area contributed by atoms with Crippen molar-refractivity contribution >= 4 is 53.2 Å². The number of amides is 1. The number of anilines is 1. The van der Waals surface area contributed by atoms with Crippen molar-refractivity contribution in [2.24, 2.45) is 0 Å². The zero-order chi connectivity index (χ0) is 23.7. The van der Waals surface area contributed by atoms with E-state index in [4.69, 9.17) is 4.74 Å². The van der Waals surface area contributed by atoms with Gasteiger partial charge >= 0.3 is 0 Å². The maximum absolute atomic E-state index is 13.8. The molecule has 4 aromatic rings. The van der Waals surface area contributed by atoms with Crippen LogP contribution in [0.15, 0.2) is 65.6 Å². The first kappa shape index (κ1) is 22.9. The Morgan fingerprint density at radius 3 is 2.59 bits per heavy atom. The first-order valence-electron chi connectivity index (χ1n) is 11.1. The Labute approximate surface area is 202 Å². The minimum Gasteiger partial charge on any atom is -0.379 e. The summed E-state index contributed by atoms with van der Waals surface area (Å²) in [7, 11) is -3.45. The van der Waals surface area contributed by atoms with Crippen molar-refractivity contribution in [3.05, 3.63) is 66.2 Å². The van der Waals surface area contributed by atoms with Gasteiger partial charge in [-0.15, -0.1) is 0 Å². The Bertz CT molecular complexity index is 1460. The molecule has 0 spiro atoms. The summed E-state index contributed by atoms with van der Waals surface area (Å²) >= 11 is 1.34. The molecule has 3 aromatic carbocycles. The molecule has 1 aromatic heterocycles. The Morgan fingerprint density at radius 2 is 1.82 bits per heavy atom. The molecule has 0 atom stereocenters. The summed E-state index contributed by atoms with van der Waals surface area (Å²) in [6.45, 7) is 4.11. The van der Waals surface area contributed by atoms with Crippen LogP contribution in [0.5, 0.6) is 0 Å². The van der Waals surface area contributed by atoms with Gasteiger partial charge in [-0.25, -0.2) is 13.4 Å². The molecule has 1 amide bonds. The van der Waals surface area contributed by atoms with E-state index in [1.54, 1.807) is 17.0 Å². The molecule has 0 N–H and O–H groups in total. The largest absolute Gasteiger partial charge is 0.379 e. The molecule has 0 bridgehead atoms. The molecule has 0 unspecified atom stereocenters. The lowest BCUT2D eigenvalue weighted by Gasteiger charge is -2.29. The second kappa shape index (κ2) is 9.42. The van der Waals surface area contributed by atoms with E-state index in [0.29, 0.717) is 42.5 Å². The molecule has 5 rings (SSSR count). The van der Waals surface area contributed by atoms with Crippen LogP contribution in [0, 0.1) is 0 Å². The van der Waals surface area contributed by atoms with E-state index in [0.717, 1.165) is 28.6 Å². The highest BCUT2D eigenvalue weighted by molar-refractivity contribution is 7.91. The molecule has 9 heteroatoms. The van der Waals surface area contributed by atoms with E-state index in [1.807, 2.05) is 48.5 Å². The van der Waals surface area contributed by atoms with Gasteiger partial charge in [0.15, 0.2) is 15.0 Å². The molecule has 2 heterocycles. The number of para-hydroxylation sites is 1. The van der Waals surface area contributed by atoms with Crippen LogP contribution >= 0.6 is 11.3 Å². The summed E-state index contributed by atoms with van der Waals surface area (Å²) in [5, 5.41) is 2.55. The fourth-order valence-corrected chi connectivity index (χ4v) is 6.07. The van der Waals surface area contributed by atoms with Crippen LogP contribution in [0.3, 0.4) is 0 Å². The summed E-state index contributed by atoms with van der Waals surface area (Å²) in [6, 6.07) is 18.7. The number of ether oxygens (including phenoxy) is 1. The number of nitrogens with zero attached hydrogens (tertiary/aromatic N) is 3. The predicted molar refractivity (Wildman–Crippen MR) is 136 cm³/mol. The third kappa shape index (κ3) is 4.69. The van der Waals surface area contributed by atoms with Crippen molar-refractivity contribution in [3.8, 4) is 0 Å². The van der Waals surface area contributed by atoms with E-state index in [1.165, 1.54) is 17.6 Å². The highest BCUT2D eigenvalue weighted by atomic mass is 32.2. The summed E-state index contributed by atoms with van der Waals surface area (Å²) in [6.07, 6.45) is 1.18. The number of aromatic nitrogens is 1. The zero-order valence-corrected chi connectivity index (χ0v) is 20.4. The molecular formula is C25H25N3O4S2. The van der Waals surface area contributed by atoms with Crippen LogP contribution in [-0.2, 0) is 14.6 Å². The second-order valence-corrected chi connectivity index (χ2v) is 11.3. The van der Waals surface area contributed by atoms with Crippen LogP contribution in [0.1, 0.15) is 10.4 Å². The van der Waals surface area contributed by atoms with Gasteiger partial charge in [0.1, 0.15) is 5.52 Å². The SMILES string of the molecule is CS(=O)(=O)c1cccc2sc(N(CCN3CCOCC3)C(=O)c3ccc4ccccc4c3)nc12. The minimum atomic E-state index is -3.45. The Morgan fingerprint density at radius 1 is 1.06 bits per heavy atom. The van der Waals surface area contributed by atoms with Crippen LogP contribution in [0.2, 0.25) is 0 Å². The topological polar surface area (TPSA) is 79.8 Å². The average molecular weight is 496 g/mol. The summed E-state index contributed by atoms with van der Waals surface area (Å²) in [5.74, 6) is -0.154. The van der Waals surface area contributed by atoms with Gasteiger partial charge in [-0.05, 0) is 35.0 Å². The fourth-order valence-electron chi connectivity index (χ4n) is 4.15. The van der Waals surface area contributed by atoms with Gasteiger partial charge in [-0.1, -0.05) is 47.7 Å². The molecule has 176 valence electrons. The first-order chi connectivity index (χ1) is 16.4. The average Bonchev–Trinajstić information content (AvgIpc) is 3.27. The molecular weight excluding hydrogens is 470 g/mol. The Hall–Kier alpha value is -2.85. The molecule has 1 aliphatic rings. The van der Waals surface area contributed by atoms with Crippen LogP contribution in [-0.4, -0.2) is 69.9 Å². The number of hydrogen-bond donors (Lipinski definition) is 0. The van der Waals surface area contributed by atoms with E-state index < -0.39 is 9.84 Å². The van der Waals surface area contributed by atoms with Crippen molar-refractivity contribution in [2.45, 2.75) is 4.90 Å². The summed E-state index contributed by atoms with van der Waals surface area (Å²) in [4.78, 5) is 22.5. The zero-order valence-electron chi connectivity index (χ0n) is 18.8. The number of sulfone groups is 1. The Balaban J connectivity index is 1.54. The van der Waals surface area contributed by atoms with Crippen molar-refractivity contribution in [3.63, 3.8) is 0 Å². The third-order valence-electron chi connectivity index (χ3n) is 5.99. The van der Waals surface area contributed by atoms with Crippen LogP contribution < -0.4 is 4.90 Å². The van der Waals surface area contributed by atoms with Gasteiger partial charge in [0.25, 0.3) is 5.91 Å². The number of carbonyl (C=O) groups excluding carboxylic acids is 1. The molecule has 0 saturated carbocycles. The lowest BCUT2D eigenvalue weighted by atomic mass is 10.1. The van der Waals surface area contributed by atoms with E-state index in [2.05, 4.69) is 9.88 Å².